The number of rotatable bonds is 5. The van der Waals surface area contributed by atoms with Gasteiger partial charge in [0.25, 0.3) is 5.91 Å². The van der Waals surface area contributed by atoms with E-state index >= 15 is 0 Å². The summed E-state index contributed by atoms with van der Waals surface area (Å²) in [6.45, 7) is 0.0662. The number of halogens is 1. The molecule has 28 heavy (non-hydrogen) atoms. The molecule has 6 nitrogen and oxygen atoms in total. The highest BCUT2D eigenvalue weighted by Gasteiger charge is 2.16. The van der Waals surface area contributed by atoms with Crippen LogP contribution in [-0.2, 0) is 0 Å². The van der Waals surface area contributed by atoms with Crippen molar-refractivity contribution < 1.29 is 14.6 Å². The van der Waals surface area contributed by atoms with Crippen LogP contribution in [-0.4, -0.2) is 41.2 Å². The SMILES string of the molecule is COc1ccc(-c2nc(C(=O)NCCO)cc3c2[nH]c2ccccc23)cc1.Cl. The normalized spacial score (nSPS) is 10.6. The van der Waals surface area contributed by atoms with E-state index < -0.39 is 0 Å². The van der Waals surface area contributed by atoms with Crippen LogP contribution in [0.3, 0.4) is 0 Å². The molecule has 4 rings (SSSR count). The quantitative estimate of drug-likeness (QED) is 0.480. The monoisotopic (exact) mass is 397 g/mol. The summed E-state index contributed by atoms with van der Waals surface area (Å²) < 4.78 is 5.23. The molecule has 0 fully saturated rings. The van der Waals surface area contributed by atoms with Crippen LogP contribution in [0, 0.1) is 0 Å². The van der Waals surface area contributed by atoms with Gasteiger partial charge in [-0.2, -0.15) is 0 Å². The maximum atomic E-state index is 12.5. The number of ether oxygens (including phenoxy) is 1. The molecule has 0 aliphatic heterocycles. The Morgan fingerprint density at radius 3 is 2.61 bits per heavy atom. The molecule has 1 amide bonds. The molecule has 144 valence electrons. The van der Waals surface area contributed by atoms with Gasteiger partial charge < -0.3 is 20.1 Å². The molecule has 0 unspecified atom stereocenters. The molecule has 7 heteroatoms. The summed E-state index contributed by atoms with van der Waals surface area (Å²) in [5, 5.41) is 13.6. The van der Waals surface area contributed by atoms with Crippen LogP contribution in [0.4, 0.5) is 0 Å². The molecule has 3 N–H and O–H groups in total. The Hall–Kier alpha value is -3.09. The van der Waals surface area contributed by atoms with E-state index in [4.69, 9.17) is 9.84 Å². The fourth-order valence-electron chi connectivity index (χ4n) is 3.18. The molecule has 0 spiro atoms. The zero-order valence-electron chi connectivity index (χ0n) is 15.2. The fraction of sp³-hybridized carbons (Fsp3) is 0.143. The number of aromatic amines is 1. The number of para-hydroxylation sites is 1. The number of aliphatic hydroxyl groups excluding tert-OH is 1. The fourth-order valence-corrected chi connectivity index (χ4v) is 3.18. The van der Waals surface area contributed by atoms with E-state index in [-0.39, 0.29) is 31.5 Å². The van der Waals surface area contributed by atoms with E-state index in [0.29, 0.717) is 11.4 Å². The van der Waals surface area contributed by atoms with Gasteiger partial charge in [0.05, 0.1) is 24.9 Å². The van der Waals surface area contributed by atoms with Gasteiger partial charge in [-0.05, 0) is 36.4 Å². The van der Waals surface area contributed by atoms with Gasteiger partial charge in [-0.3, -0.25) is 4.79 Å². The van der Waals surface area contributed by atoms with Gasteiger partial charge in [-0.1, -0.05) is 18.2 Å². The molecule has 0 saturated heterocycles. The van der Waals surface area contributed by atoms with Crippen molar-refractivity contribution in [2.24, 2.45) is 0 Å². The molecular weight excluding hydrogens is 378 g/mol. The lowest BCUT2D eigenvalue weighted by molar-refractivity contribution is 0.0940. The van der Waals surface area contributed by atoms with Gasteiger partial charge in [0, 0.05) is 28.4 Å². The predicted molar refractivity (Wildman–Crippen MR) is 112 cm³/mol. The lowest BCUT2D eigenvalue weighted by Crippen LogP contribution is -2.27. The van der Waals surface area contributed by atoms with E-state index in [9.17, 15) is 4.79 Å². The number of pyridine rings is 1. The first kappa shape index (κ1) is 19.7. The summed E-state index contributed by atoms with van der Waals surface area (Å²) in [6.07, 6.45) is 0. The Morgan fingerprint density at radius 1 is 1.14 bits per heavy atom. The molecule has 0 radical (unpaired) electrons. The zero-order chi connectivity index (χ0) is 18.8. The van der Waals surface area contributed by atoms with E-state index in [1.54, 1.807) is 13.2 Å². The highest BCUT2D eigenvalue weighted by molar-refractivity contribution is 6.13. The molecule has 4 aromatic rings. The van der Waals surface area contributed by atoms with Gasteiger partial charge >= 0.3 is 0 Å². The second-order valence-electron chi connectivity index (χ2n) is 6.16. The highest BCUT2D eigenvalue weighted by Crippen LogP contribution is 2.33. The molecule has 2 aromatic carbocycles. The van der Waals surface area contributed by atoms with Crippen molar-refractivity contribution in [3.8, 4) is 17.0 Å². The van der Waals surface area contributed by atoms with Crippen LogP contribution in [0.2, 0.25) is 0 Å². The van der Waals surface area contributed by atoms with Crippen molar-refractivity contribution in [3.05, 3.63) is 60.3 Å². The maximum Gasteiger partial charge on any atom is 0.270 e. The second kappa shape index (κ2) is 8.29. The number of fused-ring (bicyclic) bond motifs is 3. The standard InChI is InChI=1S/C21H19N3O3.ClH/c1-27-14-8-6-13(7-9-14)19-20-16(15-4-2-3-5-17(15)23-20)12-18(24-19)21(26)22-10-11-25;/h2-9,12,23,25H,10-11H2,1H3,(H,22,26);1H. The van der Waals surface area contributed by atoms with Gasteiger partial charge in [0.1, 0.15) is 11.4 Å². The number of nitrogens with zero attached hydrogens (tertiary/aromatic N) is 1. The predicted octanol–water partition coefficient (Wildman–Crippen LogP) is 3.54. The molecule has 0 saturated carbocycles. The van der Waals surface area contributed by atoms with Crippen LogP contribution in [0.15, 0.2) is 54.6 Å². The number of amides is 1. The number of hydrogen-bond donors (Lipinski definition) is 3. The average Bonchev–Trinajstić information content (AvgIpc) is 3.10. The zero-order valence-corrected chi connectivity index (χ0v) is 16.0. The van der Waals surface area contributed by atoms with Crippen molar-refractivity contribution >= 4 is 40.1 Å². The minimum Gasteiger partial charge on any atom is -0.497 e. The Morgan fingerprint density at radius 2 is 1.89 bits per heavy atom. The summed E-state index contributed by atoms with van der Waals surface area (Å²) in [6, 6.07) is 17.3. The summed E-state index contributed by atoms with van der Waals surface area (Å²) in [7, 11) is 1.62. The van der Waals surface area contributed by atoms with Gasteiger partial charge in [0.2, 0.25) is 0 Å². The number of aromatic nitrogens is 2. The van der Waals surface area contributed by atoms with Crippen molar-refractivity contribution in [1.29, 1.82) is 0 Å². The summed E-state index contributed by atoms with van der Waals surface area (Å²) in [5.74, 6) is 0.439. The van der Waals surface area contributed by atoms with Gasteiger partial charge in [0.15, 0.2) is 0 Å². The van der Waals surface area contributed by atoms with Crippen LogP contribution in [0.5, 0.6) is 5.75 Å². The summed E-state index contributed by atoms with van der Waals surface area (Å²) in [5.41, 5.74) is 3.74. The molecule has 0 bridgehead atoms. The van der Waals surface area contributed by atoms with Crippen molar-refractivity contribution in [2.45, 2.75) is 0 Å². The molecular formula is C21H20ClN3O3. The first-order chi connectivity index (χ1) is 13.2. The molecule has 2 aromatic heterocycles. The first-order valence-corrected chi connectivity index (χ1v) is 8.66. The van der Waals surface area contributed by atoms with E-state index in [1.807, 2.05) is 48.5 Å². The Kier molecular flexibility index (Phi) is 5.82. The van der Waals surface area contributed by atoms with Crippen molar-refractivity contribution in [3.63, 3.8) is 0 Å². The molecule has 2 heterocycles. The number of aliphatic hydroxyl groups is 1. The number of carbonyl (C=O) groups excluding carboxylic acids is 1. The number of hydrogen-bond acceptors (Lipinski definition) is 4. The molecule has 0 aliphatic carbocycles. The largest absolute Gasteiger partial charge is 0.497 e. The Labute approximate surface area is 168 Å². The Bertz CT molecular complexity index is 1120. The summed E-state index contributed by atoms with van der Waals surface area (Å²) in [4.78, 5) is 20.5. The third-order valence-electron chi connectivity index (χ3n) is 4.49. The van der Waals surface area contributed by atoms with Crippen LogP contribution < -0.4 is 10.1 Å². The number of benzene rings is 2. The van der Waals surface area contributed by atoms with Crippen molar-refractivity contribution in [2.75, 3.05) is 20.3 Å². The highest BCUT2D eigenvalue weighted by atomic mass is 35.5. The molecule has 0 aliphatic rings. The number of nitrogens with one attached hydrogen (secondary N) is 2. The number of methoxy groups -OCH3 is 1. The second-order valence-corrected chi connectivity index (χ2v) is 6.16. The number of H-pyrrole nitrogens is 1. The first-order valence-electron chi connectivity index (χ1n) is 8.66. The Balaban J connectivity index is 0.00000225. The lowest BCUT2D eigenvalue weighted by atomic mass is 10.1. The van der Waals surface area contributed by atoms with E-state index in [2.05, 4.69) is 15.3 Å². The maximum absolute atomic E-state index is 12.5. The minimum absolute atomic E-state index is 0. The van der Waals surface area contributed by atoms with Crippen molar-refractivity contribution in [1.82, 2.24) is 15.3 Å². The van der Waals surface area contributed by atoms with E-state index in [0.717, 1.165) is 33.1 Å². The summed E-state index contributed by atoms with van der Waals surface area (Å²) >= 11 is 0. The van der Waals surface area contributed by atoms with Crippen LogP contribution >= 0.6 is 12.4 Å². The van der Waals surface area contributed by atoms with E-state index in [1.165, 1.54) is 0 Å². The van der Waals surface area contributed by atoms with Gasteiger partial charge in [-0.25, -0.2) is 4.98 Å². The minimum atomic E-state index is -0.314. The smallest absolute Gasteiger partial charge is 0.270 e. The molecule has 0 atom stereocenters. The third kappa shape index (κ3) is 3.52. The number of carbonyl (C=O) groups is 1. The topological polar surface area (TPSA) is 87.2 Å². The van der Waals surface area contributed by atoms with Crippen LogP contribution in [0.25, 0.3) is 33.1 Å². The average molecular weight is 398 g/mol. The van der Waals surface area contributed by atoms with Gasteiger partial charge in [-0.15, -0.1) is 12.4 Å². The third-order valence-corrected chi connectivity index (χ3v) is 4.49. The van der Waals surface area contributed by atoms with Crippen LogP contribution in [0.1, 0.15) is 10.5 Å². The lowest BCUT2D eigenvalue weighted by Gasteiger charge is -2.08.